The summed E-state index contributed by atoms with van der Waals surface area (Å²) in [7, 11) is 0. The third kappa shape index (κ3) is 1.19. The van der Waals surface area contributed by atoms with Crippen molar-refractivity contribution in [1.29, 1.82) is 5.26 Å². The first-order chi connectivity index (χ1) is 6.24. The lowest BCUT2D eigenvalue weighted by atomic mass is 10.2. The molecule has 0 atom stereocenters. The molecule has 13 heavy (non-hydrogen) atoms. The molecule has 0 saturated heterocycles. The van der Waals surface area contributed by atoms with Crippen molar-refractivity contribution in [3.05, 3.63) is 33.9 Å². The second kappa shape index (κ2) is 2.99. The van der Waals surface area contributed by atoms with E-state index in [4.69, 9.17) is 16.9 Å². The van der Waals surface area contributed by atoms with Crippen LogP contribution in [0.15, 0.2) is 18.2 Å². The van der Waals surface area contributed by atoms with Crippen molar-refractivity contribution in [2.45, 2.75) is 0 Å². The van der Waals surface area contributed by atoms with Gasteiger partial charge < -0.3 is 0 Å². The first kappa shape index (κ1) is 8.49. The minimum absolute atomic E-state index is 0.0862. The summed E-state index contributed by atoms with van der Waals surface area (Å²) in [4.78, 5) is 0.0862. The molecule has 0 aliphatic rings. The first-order valence-corrected chi connectivity index (χ1v) is 4.70. The van der Waals surface area contributed by atoms with Crippen LogP contribution >= 0.6 is 22.9 Å². The van der Waals surface area contributed by atoms with Crippen molar-refractivity contribution in [3.8, 4) is 6.07 Å². The molecule has 0 amide bonds. The van der Waals surface area contributed by atoms with E-state index in [1.165, 1.54) is 0 Å². The summed E-state index contributed by atoms with van der Waals surface area (Å²) in [5.41, 5.74) is 0. The minimum Gasteiger partial charge on any atom is -0.204 e. The zero-order valence-electron chi connectivity index (χ0n) is 6.34. The van der Waals surface area contributed by atoms with Crippen LogP contribution in [0.25, 0.3) is 10.1 Å². The lowest BCUT2D eigenvalue weighted by molar-refractivity contribution is 0.641. The molecule has 1 aromatic heterocycles. The zero-order valence-corrected chi connectivity index (χ0v) is 7.92. The van der Waals surface area contributed by atoms with E-state index in [1.807, 2.05) is 0 Å². The number of halogens is 2. The predicted octanol–water partition coefficient (Wildman–Crippen LogP) is 3.57. The molecule has 0 aliphatic heterocycles. The van der Waals surface area contributed by atoms with Gasteiger partial charge in [-0.05, 0) is 12.1 Å². The largest absolute Gasteiger partial charge is 0.204 e. The number of thiophene rings is 1. The molecule has 0 bridgehead atoms. The molecule has 0 unspecified atom stereocenters. The van der Waals surface area contributed by atoms with Gasteiger partial charge in [-0.3, -0.25) is 0 Å². The molecule has 0 fully saturated rings. The summed E-state index contributed by atoms with van der Waals surface area (Å²) in [6, 6.07) is 6.89. The normalized spacial score (nSPS) is 10.2. The minimum atomic E-state index is -0.506. The van der Waals surface area contributed by atoms with E-state index < -0.39 is 5.82 Å². The summed E-state index contributed by atoms with van der Waals surface area (Å²) in [5.74, 6) is -0.506. The Hall–Kier alpha value is -1.11. The molecule has 0 spiro atoms. The summed E-state index contributed by atoms with van der Waals surface area (Å²) in [6.45, 7) is 0. The number of rotatable bonds is 0. The van der Waals surface area contributed by atoms with Gasteiger partial charge >= 0.3 is 0 Å². The van der Waals surface area contributed by atoms with Crippen LogP contribution in [0.1, 0.15) is 4.88 Å². The first-order valence-electron chi connectivity index (χ1n) is 3.50. The van der Waals surface area contributed by atoms with E-state index in [2.05, 4.69) is 0 Å². The van der Waals surface area contributed by atoms with Crippen LogP contribution in [0.4, 0.5) is 4.39 Å². The fraction of sp³-hybridized carbons (Fsp3) is 0. The molecule has 0 N–H and O–H groups in total. The number of nitrogens with zero attached hydrogens (tertiary/aromatic N) is 1. The summed E-state index contributed by atoms with van der Waals surface area (Å²) in [5, 5.41) is 9.29. The van der Waals surface area contributed by atoms with Crippen LogP contribution in [-0.4, -0.2) is 0 Å². The van der Waals surface area contributed by atoms with Crippen LogP contribution in [0.3, 0.4) is 0 Å². The van der Waals surface area contributed by atoms with Gasteiger partial charge in [-0.15, -0.1) is 11.3 Å². The molecule has 0 aliphatic carbocycles. The molecular weight excluding hydrogens is 209 g/mol. The van der Waals surface area contributed by atoms with Crippen molar-refractivity contribution in [1.82, 2.24) is 0 Å². The number of nitriles is 1. The van der Waals surface area contributed by atoms with Gasteiger partial charge in [-0.1, -0.05) is 17.7 Å². The van der Waals surface area contributed by atoms with E-state index in [1.54, 1.807) is 24.3 Å². The van der Waals surface area contributed by atoms with Crippen molar-refractivity contribution < 1.29 is 4.39 Å². The molecule has 2 aromatic rings. The number of hydrogen-bond acceptors (Lipinski definition) is 2. The zero-order chi connectivity index (χ0) is 9.42. The molecule has 1 nitrogen and oxygen atoms in total. The van der Waals surface area contributed by atoms with Gasteiger partial charge in [0, 0.05) is 10.1 Å². The van der Waals surface area contributed by atoms with Gasteiger partial charge in [0.25, 0.3) is 0 Å². The summed E-state index contributed by atoms with van der Waals surface area (Å²) in [6.07, 6.45) is 0. The average Bonchev–Trinajstić information content (AvgIpc) is 2.44. The van der Waals surface area contributed by atoms with Gasteiger partial charge in [-0.25, -0.2) is 4.39 Å². The Kier molecular flexibility index (Phi) is 1.95. The van der Waals surface area contributed by atoms with Crippen molar-refractivity contribution in [2.24, 2.45) is 0 Å². The second-order valence-corrected chi connectivity index (χ2v) is 3.93. The Bertz CT molecular complexity index is 512. The van der Waals surface area contributed by atoms with Crippen LogP contribution < -0.4 is 0 Å². The van der Waals surface area contributed by atoms with Gasteiger partial charge in [-0.2, -0.15) is 5.26 Å². The van der Waals surface area contributed by atoms with Gasteiger partial charge in [0.1, 0.15) is 10.9 Å². The fourth-order valence-corrected chi connectivity index (χ4v) is 2.36. The topological polar surface area (TPSA) is 23.8 Å². The maximum Gasteiger partial charge on any atom is 0.161 e. The van der Waals surface area contributed by atoms with Crippen LogP contribution in [0, 0.1) is 17.1 Å². The van der Waals surface area contributed by atoms with E-state index >= 15 is 0 Å². The number of fused-ring (bicyclic) bond motifs is 1. The molecule has 4 heteroatoms. The third-order valence-electron chi connectivity index (χ3n) is 1.71. The lowest BCUT2D eigenvalue weighted by Gasteiger charge is -1.91. The van der Waals surface area contributed by atoms with Gasteiger partial charge in [0.15, 0.2) is 5.82 Å². The Labute approximate surface area is 83.0 Å². The highest BCUT2D eigenvalue weighted by molar-refractivity contribution is 7.19. The molecule has 0 radical (unpaired) electrons. The predicted molar refractivity (Wildman–Crippen MR) is 51.5 cm³/mol. The monoisotopic (exact) mass is 211 g/mol. The molecule has 64 valence electrons. The van der Waals surface area contributed by atoms with E-state index in [0.29, 0.717) is 15.1 Å². The van der Waals surface area contributed by atoms with Crippen molar-refractivity contribution in [3.63, 3.8) is 0 Å². The highest BCUT2D eigenvalue weighted by Crippen LogP contribution is 2.33. The second-order valence-electron chi connectivity index (χ2n) is 2.47. The number of hydrogen-bond donors (Lipinski definition) is 0. The highest BCUT2D eigenvalue weighted by atomic mass is 35.5. The molecule has 2 rings (SSSR count). The maximum absolute atomic E-state index is 13.4. The van der Waals surface area contributed by atoms with E-state index in [-0.39, 0.29) is 4.88 Å². The Morgan fingerprint density at radius 2 is 2.23 bits per heavy atom. The highest BCUT2D eigenvalue weighted by Gasteiger charge is 2.13. The molecule has 1 heterocycles. The van der Waals surface area contributed by atoms with E-state index in [0.717, 1.165) is 11.3 Å². The molecular formula is C9H3ClFNS. The smallest absolute Gasteiger partial charge is 0.161 e. The standard InChI is InChI=1S/C9H3ClFNS/c10-5-2-1-3-6-8(5)9(11)7(4-12)13-6/h1-3H. The van der Waals surface area contributed by atoms with Gasteiger partial charge in [0.05, 0.1) is 5.02 Å². The Morgan fingerprint density at radius 3 is 2.85 bits per heavy atom. The fourth-order valence-electron chi connectivity index (χ4n) is 1.14. The molecule has 1 aromatic carbocycles. The van der Waals surface area contributed by atoms with Crippen molar-refractivity contribution in [2.75, 3.05) is 0 Å². The maximum atomic E-state index is 13.4. The quantitative estimate of drug-likeness (QED) is 0.654. The molecule has 0 saturated carbocycles. The Morgan fingerprint density at radius 1 is 1.46 bits per heavy atom. The third-order valence-corrected chi connectivity index (χ3v) is 3.06. The van der Waals surface area contributed by atoms with Crippen LogP contribution in [0.2, 0.25) is 5.02 Å². The SMILES string of the molecule is N#Cc1sc2cccc(Cl)c2c1F. The summed E-state index contributed by atoms with van der Waals surface area (Å²) >= 11 is 6.91. The van der Waals surface area contributed by atoms with Crippen molar-refractivity contribution >= 4 is 33.0 Å². The van der Waals surface area contributed by atoms with Crippen LogP contribution in [0.5, 0.6) is 0 Å². The Balaban J connectivity index is 2.95. The lowest BCUT2D eigenvalue weighted by Crippen LogP contribution is -1.74. The van der Waals surface area contributed by atoms with Gasteiger partial charge in [0.2, 0.25) is 0 Å². The average molecular weight is 212 g/mol. The summed E-state index contributed by atoms with van der Waals surface area (Å²) < 4.78 is 14.1. The van der Waals surface area contributed by atoms with Crippen LogP contribution in [-0.2, 0) is 0 Å². The number of benzene rings is 1. The van der Waals surface area contributed by atoms with E-state index in [9.17, 15) is 4.39 Å².